The first kappa shape index (κ1) is 24.3. The fourth-order valence-electron chi connectivity index (χ4n) is 0.838. The van der Waals surface area contributed by atoms with Gasteiger partial charge in [-0.25, -0.2) is 0 Å². The van der Waals surface area contributed by atoms with Gasteiger partial charge >= 0.3 is 31.6 Å². The molecule has 0 bridgehead atoms. The average Bonchev–Trinajstić information content (AvgIpc) is 2.13. The van der Waals surface area contributed by atoms with Crippen LogP contribution >= 0.6 is 0 Å². The molecule has 1 aromatic rings. The van der Waals surface area contributed by atoms with Gasteiger partial charge in [0.2, 0.25) is 0 Å². The molecule has 0 amide bonds. The maximum Gasteiger partial charge on any atom is 2.00 e. The fraction of sp³-hybridized carbons (Fsp3) is 0.333. The van der Waals surface area contributed by atoms with Crippen LogP contribution in [0.1, 0.15) is 25.3 Å². The number of hydrogen-bond acceptors (Lipinski definition) is 0. The van der Waals surface area contributed by atoms with Gasteiger partial charge in [-0.15, -0.1) is 0 Å². The zero-order chi connectivity index (χ0) is 15.7. The van der Waals surface area contributed by atoms with E-state index in [4.69, 9.17) is 0 Å². The molecule has 0 saturated heterocycles. The Morgan fingerprint density at radius 2 is 0.950 bits per heavy atom. The van der Waals surface area contributed by atoms with Crippen molar-refractivity contribution >= 4 is 14.5 Å². The van der Waals surface area contributed by atoms with E-state index >= 15 is 0 Å². The molecular weight excluding hydrogens is 338 g/mol. The quantitative estimate of drug-likeness (QED) is 0.470. The molecule has 0 fully saturated rings. The van der Waals surface area contributed by atoms with Crippen LogP contribution in [0, 0.1) is 0 Å². The third-order valence-electron chi connectivity index (χ3n) is 1.47. The average molecular weight is 350 g/mol. The maximum atomic E-state index is 9.75. The van der Waals surface area contributed by atoms with E-state index in [1.54, 1.807) is 0 Å². The Kier molecular flexibility index (Phi) is 13.4. The van der Waals surface area contributed by atoms with Gasteiger partial charge in [0.15, 0.2) is 0 Å². The van der Waals surface area contributed by atoms with Gasteiger partial charge in [0.25, 0.3) is 0 Å². The van der Waals surface area contributed by atoms with Gasteiger partial charge in [-0.05, 0) is 11.5 Å². The molecule has 11 heteroatoms. The fourth-order valence-corrected chi connectivity index (χ4v) is 0.838. The molecule has 0 nitrogen and oxygen atoms in total. The Morgan fingerprint density at radius 1 is 0.700 bits per heavy atom. The van der Waals surface area contributed by atoms with Crippen molar-refractivity contribution in [3.63, 3.8) is 0 Å². The summed E-state index contributed by atoms with van der Waals surface area (Å²) in [5.41, 5.74) is 1.41. The van der Waals surface area contributed by atoms with Crippen molar-refractivity contribution in [2.24, 2.45) is 0 Å². The van der Waals surface area contributed by atoms with Gasteiger partial charge in [0.1, 0.15) is 0 Å². The molecule has 20 heavy (non-hydrogen) atoms. The number of benzene rings is 1. The van der Waals surface area contributed by atoms with E-state index in [0.29, 0.717) is 5.92 Å². The zero-order valence-corrected chi connectivity index (χ0v) is 11.6. The molecule has 0 atom stereocenters. The second kappa shape index (κ2) is 11.0. The molecule has 0 aromatic heterocycles. The predicted molar refractivity (Wildman–Crippen MR) is 60.9 cm³/mol. The summed E-state index contributed by atoms with van der Waals surface area (Å²) in [6.45, 7) is 4.41. The molecule has 0 heterocycles. The first-order valence-corrected chi connectivity index (χ1v) is 5.10. The molecule has 1 aromatic carbocycles. The van der Waals surface area contributed by atoms with Gasteiger partial charge in [-0.3, -0.25) is 0 Å². The SMILES string of the molecule is CC(C)c1ccccc1.F[B-](F)(F)F.F[B-](F)(F)F.[Fe+2]. The van der Waals surface area contributed by atoms with E-state index in [9.17, 15) is 34.5 Å². The Hall–Kier alpha value is -0.691. The molecule has 0 aliphatic rings. The minimum atomic E-state index is -6.00. The summed E-state index contributed by atoms with van der Waals surface area (Å²) in [6, 6.07) is 10.5. The Labute approximate surface area is 122 Å². The summed E-state index contributed by atoms with van der Waals surface area (Å²) in [7, 11) is -12.0. The maximum absolute atomic E-state index is 9.75. The van der Waals surface area contributed by atoms with Gasteiger partial charge in [-0.2, -0.15) is 0 Å². The van der Waals surface area contributed by atoms with Crippen LogP contribution in [0.4, 0.5) is 34.5 Å². The van der Waals surface area contributed by atoms with Gasteiger partial charge in [0.05, 0.1) is 0 Å². The smallest absolute Gasteiger partial charge is 0.418 e. The van der Waals surface area contributed by atoms with Crippen LogP contribution in [0.3, 0.4) is 0 Å². The van der Waals surface area contributed by atoms with Crippen molar-refractivity contribution in [1.82, 2.24) is 0 Å². The monoisotopic (exact) mass is 350 g/mol. The predicted octanol–water partition coefficient (Wildman–Crippen LogP) is 5.41. The first-order valence-electron chi connectivity index (χ1n) is 5.10. The second-order valence-corrected chi connectivity index (χ2v) is 3.56. The third-order valence-corrected chi connectivity index (χ3v) is 1.47. The van der Waals surface area contributed by atoms with Crippen LogP contribution in [-0.2, 0) is 17.1 Å². The number of hydrogen-bond donors (Lipinski definition) is 0. The summed E-state index contributed by atoms with van der Waals surface area (Å²) in [4.78, 5) is 0. The zero-order valence-electron chi connectivity index (χ0n) is 10.5. The van der Waals surface area contributed by atoms with Crippen LogP contribution < -0.4 is 0 Å². The molecule has 118 valence electrons. The Balaban J connectivity index is -0.000000230. The topological polar surface area (TPSA) is 0 Å². The van der Waals surface area contributed by atoms with Crippen molar-refractivity contribution in [3.8, 4) is 0 Å². The van der Waals surface area contributed by atoms with Crippen molar-refractivity contribution in [1.29, 1.82) is 0 Å². The molecule has 0 spiro atoms. The van der Waals surface area contributed by atoms with Crippen molar-refractivity contribution in [3.05, 3.63) is 35.9 Å². The summed E-state index contributed by atoms with van der Waals surface area (Å²) >= 11 is 0. The normalized spacial score (nSPS) is 10.6. The minimum Gasteiger partial charge on any atom is -0.418 e. The number of rotatable bonds is 1. The van der Waals surface area contributed by atoms with Crippen LogP contribution in [0.25, 0.3) is 0 Å². The van der Waals surface area contributed by atoms with E-state index in [2.05, 4.69) is 38.1 Å². The van der Waals surface area contributed by atoms with Crippen molar-refractivity contribution in [2.45, 2.75) is 19.8 Å². The Bertz CT molecular complexity index is 301. The van der Waals surface area contributed by atoms with E-state index in [1.165, 1.54) is 5.56 Å². The van der Waals surface area contributed by atoms with Crippen molar-refractivity contribution < 1.29 is 51.6 Å². The molecule has 0 unspecified atom stereocenters. The van der Waals surface area contributed by atoms with Gasteiger partial charge in [-0.1, -0.05) is 44.2 Å². The van der Waals surface area contributed by atoms with Crippen LogP contribution in [0.2, 0.25) is 0 Å². The summed E-state index contributed by atoms with van der Waals surface area (Å²) in [6.07, 6.45) is 0. The first-order chi connectivity index (χ1) is 8.30. The van der Waals surface area contributed by atoms with Crippen LogP contribution in [0.15, 0.2) is 30.3 Å². The van der Waals surface area contributed by atoms with Gasteiger partial charge in [0, 0.05) is 0 Å². The van der Waals surface area contributed by atoms with E-state index in [1.807, 2.05) is 6.07 Å². The number of halogens is 8. The standard InChI is InChI=1S/C9H12.2BF4.Fe/c1-8(2)9-6-4-3-5-7-9;2*2-1(3,4)5;/h3-8H,1-2H3;;;/q;2*-1;+2. The molecule has 0 radical (unpaired) electrons. The largest absolute Gasteiger partial charge is 2.00 e. The van der Waals surface area contributed by atoms with E-state index < -0.39 is 14.5 Å². The summed E-state index contributed by atoms with van der Waals surface area (Å²) in [5.74, 6) is 0.659. The molecule has 0 aliphatic carbocycles. The van der Waals surface area contributed by atoms with Gasteiger partial charge < -0.3 is 34.5 Å². The van der Waals surface area contributed by atoms with E-state index in [-0.39, 0.29) is 17.1 Å². The molecule has 0 saturated carbocycles. The summed E-state index contributed by atoms with van der Waals surface area (Å²) < 4.78 is 78.0. The van der Waals surface area contributed by atoms with Crippen molar-refractivity contribution in [2.75, 3.05) is 0 Å². The van der Waals surface area contributed by atoms with Crippen LogP contribution in [-0.4, -0.2) is 14.5 Å². The second-order valence-electron chi connectivity index (χ2n) is 3.56. The molecular formula is C9H12B2F8Fe. The molecule has 0 N–H and O–H groups in total. The Morgan fingerprint density at radius 3 is 1.10 bits per heavy atom. The summed E-state index contributed by atoms with van der Waals surface area (Å²) in [5, 5.41) is 0. The van der Waals surface area contributed by atoms with Crippen LogP contribution in [0.5, 0.6) is 0 Å². The van der Waals surface area contributed by atoms with E-state index in [0.717, 1.165) is 0 Å². The minimum absolute atomic E-state index is 0. The molecule has 1 rings (SSSR count). The molecule has 0 aliphatic heterocycles. The third kappa shape index (κ3) is 36.0.